The van der Waals surface area contributed by atoms with E-state index in [1.807, 2.05) is 17.9 Å². The lowest BCUT2D eigenvalue weighted by atomic mass is 9.88. The summed E-state index contributed by atoms with van der Waals surface area (Å²) in [5.74, 6) is 1.85. The SMILES string of the molecule is Cc1ccc(C(=O)N2CCCC3(CC(Nc4cnccn4)CO3)C2)o1. The molecular formula is C18H22N4O3. The van der Waals surface area contributed by atoms with Crippen molar-refractivity contribution in [1.29, 1.82) is 0 Å². The Morgan fingerprint density at radius 2 is 2.32 bits per heavy atom. The van der Waals surface area contributed by atoms with Crippen LogP contribution in [0.25, 0.3) is 0 Å². The Morgan fingerprint density at radius 3 is 3.08 bits per heavy atom. The zero-order chi connectivity index (χ0) is 17.3. The molecule has 0 saturated carbocycles. The van der Waals surface area contributed by atoms with E-state index in [4.69, 9.17) is 9.15 Å². The molecule has 0 aromatic carbocycles. The summed E-state index contributed by atoms with van der Waals surface area (Å²) in [5.41, 5.74) is -0.282. The van der Waals surface area contributed by atoms with E-state index in [1.165, 1.54) is 0 Å². The van der Waals surface area contributed by atoms with E-state index in [2.05, 4.69) is 15.3 Å². The van der Waals surface area contributed by atoms with Gasteiger partial charge >= 0.3 is 0 Å². The Morgan fingerprint density at radius 1 is 1.40 bits per heavy atom. The quantitative estimate of drug-likeness (QED) is 0.921. The number of hydrogen-bond donors (Lipinski definition) is 1. The molecule has 0 radical (unpaired) electrons. The van der Waals surface area contributed by atoms with Crippen LogP contribution in [0, 0.1) is 6.92 Å². The van der Waals surface area contributed by atoms with Gasteiger partial charge in [-0.25, -0.2) is 4.98 Å². The highest BCUT2D eigenvalue weighted by Gasteiger charge is 2.45. The predicted molar refractivity (Wildman–Crippen MR) is 91.3 cm³/mol. The van der Waals surface area contributed by atoms with E-state index in [0.29, 0.717) is 18.9 Å². The van der Waals surface area contributed by atoms with Gasteiger partial charge in [0.25, 0.3) is 5.91 Å². The summed E-state index contributed by atoms with van der Waals surface area (Å²) < 4.78 is 11.6. The van der Waals surface area contributed by atoms with Gasteiger partial charge < -0.3 is 19.4 Å². The van der Waals surface area contributed by atoms with Crippen LogP contribution in [0.1, 0.15) is 35.6 Å². The number of carbonyl (C=O) groups excluding carboxylic acids is 1. The van der Waals surface area contributed by atoms with Crippen LogP contribution in [-0.4, -0.2) is 52.1 Å². The van der Waals surface area contributed by atoms with Crippen molar-refractivity contribution in [2.24, 2.45) is 0 Å². The largest absolute Gasteiger partial charge is 0.456 e. The molecule has 2 atom stereocenters. The first-order valence-electron chi connectivity index (χ1n) is 8.66. The minimum Gasteiger partial charge on any atom is -0.456 e. The summed E-state index contributed by atoms with van der Waals surface area (Å²) in [7, 11) is 0. The second-order valence-corrected chi connectivity index (χ2v) is 6.87. The molecule has 1 amide bonds. The van der Waals surface area contributed by atoms with Gasteiger partial charge in [-0.3, -0.25) is 9.78 Å². The maximum Gasteiger partial charge on any atom is 0.289 e. The number of hydrogen-bond acceptors (Lipinski definition) is 6. The lowest BCUT2D eigenvalue weighted by Gasteiger charge is -2.39. The average Bonchev–Trinajstić information content (AvgIpc) is 3.22. The molecule has 25 heavy (non-hydrogen) atoms. The van der Waals surface area contributed by atoms with Gasteiger partial charge in [0.2, 0.25) is 0 Å². The molecule has 132 valence electrons. The lowest BCUT2D eigenvalue weighted by Crippen LogP contribution is -2.50. The van der Waals surface area contributed by atoms with Crippen LogP contribution in [0.5, 0.6) is 0 Å². The van der Waals surface area contributed by atoms with Crippen LogP contribution in [-0.2, 0) is 4.74 Å². The maximum atomic E-state index is 12.7. The van der Waals surface area contributed by atoms with Crippen molar-refractivity contribution in [3.63, 3.8) is 0 Å². The Balaban J connectivity index is 1.41. The summed E-state index contributed by atoms with van der Waals surface area (Å²) in [6.45, 7) is 3.80. The van der Waals surface area contributed by atoms with Crippen molar-refractivity contribution >= 4 is 11.7 Å². The van der Waals surface area contributed by atoms with Crippen molar-refractivity contribution < 1.29 is 13.9 Å². The predicted octanol–water partition coefficient (Wildman–Crippen LogP) is 2.25. The molecule has 2 aliphatic rings. The van der Waals surface area contributed by atoms with Crippen molar-refractivity contribution in [2.45, 2.75) is 37.8 Å². The maximum absolute atomic E-state index is 12.7. The Bertz CT molecular complexity index is 748. The molecule has 7 heteroatoms. The number of carbonyl (C=O) groups is 1. The van der Waals surface area contributed by atoms with E-state index in [1.54, 1.807) is 24.7 Å². The van der Waals surface area contributed by atoms with Crippen LogP contribution < -0.4 is 5.32 Å². The number of anilines is 1. The average molecular weight is 342 g/mol. The topological polar surface area (TPSA) is 80.5 Å². The number of aryl methyl sites for hydroxylation is 1. The molecule has 2 fully saturated rings. The summed E-state index contributed by atoms with van der Waals surface area (Å²) in [6.07, 6.45) is 7.78. The molecule has 2 unspecified atom stereocenters. The first-order chi connectivity index (χ1) is 12.1. The molecule has 0 bridgehead atoms. The van der Waals surface area contributed by atoms with Crippen molar-refractivity contribution in [2.75, 3.05) is 25.0 Å². The highest BCUT2D eigenvalue weighted by Crippen LogP contribution is 2.36. The van der Waals surface area contributed by atoms with Gasteiger partial charge in [-0.15, -0.1) is 0 Å². The van der Waals surface area contributed by atoms with Crippen molar-refractivity contribution in [1.82, 2.24) is 14.9 Å². The zero-order valence-corrected chi connectivity index (χ0v) is 14.3. The number of aromatic nitrogens is 2. The summed E-state index contributed by atoms with van der Waals surface area (Å²) in [6, 6.07) is 3.74. The molecule has 1 spiro atoms. The molecule has 2 aliphatic heterocycles. The zero-order valence-electron chi connectivity index (χ0n) is 14.3. The number of nitrogens with one attached hydrogen (secondary N) is 1. The third-order valence-corrected chi connectivity index (χ3v) is 4.90. The fourth-order valence-corrected chi connectivity index (χ4v) is 3.78. The molecule has 2 aromatic heterocycles. The first-order valence-corrected chi connectivity index (χ1v) is 8.66. The monoisotopic (exact) mass is 342 g/mol. The standard InChI is InChI=1S/C18H22N4O3/c1-13-3-4-15(25-13)17(23)22-8-2-5-18(12-22)9-14(11-24-18)21-16-10-19-6-7-20-16/h3-4,6-7,10,14H,2,5,8-9,11-12H2,1H3,(H,20,21). The normalized spacial score (nSPS) is 26.1. The summed E-state index contributed by atoms with van der Waals surface area (Å²) in [5, 5.41) is 3.37. The van der Waals surface area contributed by atoms with Crippen molar-refractivity contribution in [3.8, 4) is 0 Å². The second-order valence-electron chi connectivity index (χ2n) is 6.87. The van der Waals surface area contributed by atoms with E-state index >= 15 is 0 Å². The third-order valence-electron chi connectivity index (χ3n) is 4.90. The Hall–Kier alpha value is -2.41. The van der Waals surface area contributed by atoms with Crippen LogP contribution in [0.3, 0.4) is 0 Å². The molecule has 1 N–H and O–H groups in total. The van der Waals surface area contributed by atoms with Gasteiger partial charge in [0, 0.05) is 25.4 Å². The molecule has 7 nitrogen and oxygen atoms in total. The molecular weight excluding hydrogens is 320 g/mol. The van der Waals surface area contributed by atoms with E-state index < -0.39 is 0 Å². The number of furan rings is 1. The van der Waals surface area contributed by atoms with Crippen LogP contribution >= 0.6 is 0 Å². The Kier molecular flexibility index (Phi) is 4.17. The number of rotatable bonds is 3. The number of amides is 1. The first kappa shape index (κ1) is 16.1. The van der Waals surface area contributed by atoms with Gasteiger partial charge in [0.15, 0.2) is 5.76 Å². The van der Waals surface area contributed by atoms with E-state index in [9.17, 15) is 4.79 Å². The van der Waals surface area contributed by atoms with Crippen LogP contribution in [0.4, 0.5) is 5.82 Å². The smallest absolute Gasteiger partial charge is 0.289 e. The second kappa shape index (κ2) is 6.48. The summed E-state index contributed by atoms with van der Waals surface area (Å²) >= 11 is 0. The summed E-state index contributed by atoms with van der Waals surface area (Å²) in [4.78, 5) is 22.8. The molecule has 4 rings (SSSR count). The van der Waals surface area contributed by atoms with E-state index in [-0.39, 0.29) is 17.6 Å². The number of likely N-dealkylation sites (tertiary alicyclic amines) is 1. The number of ether oxygens (including phenoxy) is 1. The fraction of sp³-hybridized carbons (Fsp3) is 0.500. The minimum absolute atomic E-state index is 0.0545. The highest BCUT2D eigenvalue weighted by atomic mass is 16.5. The van der Waals surface area contributed by atoms with Gasteiger partial charge in [-0.2, -0.15) is 0 Å². The Labute approximate surface area is 146 Å². The third kappa shape index (κ3) is 3.37. The molecule has 0 aliphatic carbocycles. The van der Waals surface area contributed by atoms with Gasteiger partial charge in [-0.1, -0.05) is 0 Å². The van der Waals surface area contributed by atoms with Crippen molar-refractivity contribution in [3.05, 3.63) is 42.2 Å². The lowest BCUT2D eigenvalue weighted by molar-refractivity contribution is -0.0452. The van der Waals surface area contributed by atoms with Gasteiger partial charge in [0.1, 0.15) is 11.6 Å². The van der Waals surface area contributed by atoms with E-state index in [0.717, 1.165) is 37.4 Å². The minimum atomic E-state index is -0.282. The number of nitrogens with zero attached hydrogens (tertiary/aromatic N) is 3. The molecule has 2 saturated heterocycles. The van der Waals surface area contributed by atoms with Gasteiger partial charge in [-0.05, 0) is 31.9 Å². The number of piperidine rings is 1. The van der Waals surface area contributed by atoms with Crippen LogP contribution in [0.15, 0.2) is 35.1 Å². The highest BCUT2D eigenvalue weighted by molar-refractivity contribution is 5.91. The van der Waals surface area contributed by atoms with Gasteiger partial charge in [0.05, 0.1) is 31.0 Å². The molecule has 4 heterocycles. The molecule has 2 aromatic rings. The fourth-order valence-electron chi connectivity index (χ4n) is 3.78. The van der Waals surface area contributed by atoms with Crippen LogP contribution in [0.2, 0.25) is 0 Å².